The zero-order chi connectivity index (χ0) is 11.6. The number of rotatable bonds is 3. The molecule has 0 aromatic heterocycles. The first-order valence-electron chi connectivity index (χ1n) is 4.03. The van der Waals surface area contributed by atoms with Crippen molar-refractivity contribution in [2.45, 2.75) is 5.92 Å². The first-order valence-corrected chi connectivity index (χ1v) is 4.79. The Kier molecular flexibility index (Phi) is 3.76. The molecule has 6 heteroatoms. The summed E-state index contributed by atoms with van der Waals surface area (Å²) < 4.78 is 31.3. The van der Waals surface area contributed by atoms with E-state index >= 15 is 0 Å². The van der Waals surface area contributed by atoms with Crippen LogP contribution in [0.1, 0.15) is 5.56 Å². The van der Waals surface area contributed by atoms with Crippen molar-refractivity contribution in [3.8, 4) is 5.75 Å². The Morgan fingerprint density at radius 1 is 1.33 bits per heavy atom. The second-order valence-electron chi connectivity index (χ2n) is 2.88. The van der Waals surface area contributed by atoms with E-state index in [1.165, 1.54) is 13.2 Å². The minimum absolute atomic E-state index is 0.0741. The Labute approximate surface area is 95.9 Å². The molecule has 0 atom stereocenters. The normalized spacial score (nSPS) is 11.6. The second kappa shape index (κ2) is 4.51. The van der Waals surface area contributed by atoms with Crippen molar-refractivity contribution in [3.63, 3.8) is 0 Å². The Morgan fingerprint density at radius 2 is 1.93 bits per heavy atom. The molecule has 0 heterocycles. The number of hydrogen-bond donors (Lipinski definition) is 1. The summed E-state index contributed by atoms with van der Waals surface area (Å²) in [6, 6.07) is 2.30. The van der Waals surface area contributed by atoms with Crippen LogP contribution in [0, 0.1) is 0 Å². The summed E-state index contributed by atoms with van der Waals surface area (Å²) in [5, 5.41) is -0.0447. The fourth-order valence-electron chi connectivity index (χ4n) is 1.08. The van der Waals surface area contributed by atoms with E-state index in [1.54, 1.807) is 0 Å². The molecular weight excluding hydrogens is 247 g/mol. The van der Waals surface area contributed by atoms with Gasteiger partial charge in [0.25, 0.3) is 5.92 Å². The summed E-state index contributed by atoms with van der Waals surface area (Å²) in [5.74, 6) is -2.94. The van der Waals surface area contributed by atoms with Crippen LogP contribution < -0.4 is 10.5 Å². The zero-order valence-corrected chi connectivity index (χ0v) is 9.37. The molecule has 2 N–H and O–H groups in total. The van der Waals surface area contributed by atoms with Crippen LogP contribution in [0.4, 0.5) is 8.78 Å². The van der Waals surface area contributed by atoms with Crippen molar-refractivity contribution in [3.05, 3.63) is 27.7 Å². The van der Waals surface area contributed by atoms with Gasteiger partial charge in [0, 0.05) is 11.6 Å². The lowest BCUT2D eigenvalue weighted by Gasteiger charge is -2.17. The molecule has 0 amide bonds. The Balaban J connectivity index is 3.28. The van der Waals surface area contributed by atoms with Crippen molar-refractivity contribution in [2.24, 2.45) is 5.73 Å². The van der Waals surface area contributed by atoms with Crippen LogP contribution >= 0.6 is 23.2 Å². The van der Waals surface area contributed by atoms with Gasteiger partial charge in [-0.3, -0.25) is 0 Å². The third-order valence-electron chi connectivity index (χ3n) is 1.89. The highest BCUT2D eigenvalue weighted by atomic mass is 35.5. The summed E-state index contributed by atoms with van der Waals surface area (Å²) in [7, 11) is 1.37. The first-order chi connectivity index (χ1) is 6.92. The van der Waals surface area contributed by atoms with Gasteiger partial charge in [-0.25, -0.2) is 0 Å². The molecule has 0 aliphatic heterocycles. The molecule has 2 nitrogen and oxygen atoms in total. The third kappa shape index (κ3) is 2.51. The molecule has 0 aliphatic carbocycles. The minimum atomic E-state index is -3.19. The summed E-state index contributed by atoms with van der Waals surface area (Å²) in [5.41, 5.74) is 4.55. The number of benzene rings is 1. The lowest BCUT2D eigenvalue weighted by molar-refractivity contribution is 0.00604. The summed E-state index contributed by atoms with van der Waals surface area (Å²) in [4.78, 5) is 0. The molecule has 0 fully saturated rings. The van der Waals surface area contributed by atoms with Crippen LogP contribution in [-0.2, 0) is 5.92 Å². The fourth-order valence-corrected chi connectivity index (χ4v) is 1.61. The lowest BCUT2D eigenvalue weighted by Crippen LogP contribution is -2.25. The molecule has 0 aliphatic rings. The average molecular weight is 256 g/mol. The van der Waals surface area contributed by atoms with E-state index in [9.17, 15) is 8.78 Å². The number of ether oxygens (including phenoxy) is 1. The first kappa shape index (κ1) is 12.5. The van der Waals surface area contributed by atoms with E-state index in [4.69, 9.17) is 33.7 Å². The molecule has 0 unspecified atom stereocenters. The summed E-state index contributed by atoms with van der Waals surface area (Å²) in [6.45, 7) is -0.824. The van der Waals surface area contributed by atoms with Gasteiger partial charge >= 0.3 is 0 Å². The fraction of sp³-hybridized carbons (Fsp3) is 0.333. The predicted octanol–water partition coefficient (Wildman–Crippen LogP) is 3.05. The lowest BCUT2D eigenvalue weighted by atomic mass is 10.1. The van der Waals surface area contributed by atoms with Gasteiger partial charge in [-0.1, -0.05) is 23.2 Å². The van der Waals surface area contributed by atoms with E-state index in [0.717, 1.165) is 6.07 Å². The maximum absolute atomic E-state index is 13.3. The van der Waals surface area contributed by atoms with Gasteiger partial charge in [0.2, 0.25) is 0 Å². The highest BCUT2D eigenvalue weighted by molar-refractivity contribution is 6.34. The number of hydrogen-bond acceptors (Lipinski definition) is 2. The summed E-state index contributed by atoms with van der Waals surface area (Å²) >= 11 is 11.4. The molecule has 0 saturated heterocycles. The topological polar surface area (TPSA) is 35.2 Å². The molecule has 0 saturated carbocycles. The van der Waals surface area contributed by atoms with Gasteiger partial charge < -0.3 is 10.5 Å². The van der Waals surface area contributed by atoms with Gasteiger partial charge in [0.1, 0.15) is 5.75 Å². The Bertz CT molecular complexity index is 371. The molecular formula is C9H9Cl2F2NO. The minimum Gasteiger partial charge on any atom is -0.495 e. The standard InChI is InChI=1S/C9H9Cl2F2NO/c1-15-8-3-6(10)5(2-7(8)11)9(12,13)4-14/h2-3H,4,14H2,1H3. The number of halogens is 4. The van der Waals surface area contributed by atoms with Gasteiger partial charge in [-0.2, -0.15) is 8.78 Å². The number of methoxy groups -OCH3 is 1. The van der Waals surface area contributed by atoms with Crippen LogP contribution in [-0.4, -0.2) is 13.7 Å². The second-order valence-corrected chi connectivity index (χ2v) is 3.69. The van der Waals surface area contributed by atoms with E-state index in [0.29, 0.717) is 0 Å². The van der Waals surface area contributed by atoms with Crippen molar-refractivity contribution in [1.82, 2.24) is 0 Å². The van der Waals surface area contributed by atoms with Crippen LogP contribution in [0.25, 0.3) is 0 Å². The molecule has 1 rings (SSSR count). The van der Waals surface area contributed by atoms with Crippen molar-refractivity contribution in [2.75, 3.05) is 13.7 Å². The highest BCUT2D eigenvalue weighted by Gasteiger charge is 2.32. The molecule has 84 valence electrons. The zero-order valence-electron chi connectivity index (χ0n) is 7.86. The largest absolute Gasteiger partial charge is 0.495 e. The highest BCUT2D eigenvalue weighted by Crippen LogP contribution is 2.38. The molecule has 0 bridgehead atoms. The van der Waals surface area contributed by atoms with Crippen LogP contribution in [0.2, 0.25) is 10.0 Å². The van der Waals surface area contributed by atoms with Gasteiger partial charge in [0.15, 0.2) is 0 Å². The molecule has 15 heavy (non-hydrogen) atoms. The number of alkyl halides is 2. The van der Waals surface area contributed by atoms with E-state index < -0.39 is 18.0 Å². The molecule has 1 aromatic rings. The third-order valence-corrected chi connectivity index (χ3v) is 2.50. The van der Waals surface area contributed by atoms with Gasteiger partial charge in [-0.05, 0) is 6.07 Å². The summed E-state index contributed by atoms with van der Waals surface area (Å²) in [6.07, 6.45) is 0. The molecule has 1 aromatic carbocycles. The Hall–Kier alpha value is -0.580. The SMILES string of the molecule is COc1cc(Cl)c(C(F)(F)CN)cc1Cl. The Morgan fingerprint density at radius 3 is 2.40 bits per heavy atom. The van der Waals surface area contributed by atoms with Crippen LogP contribution in [0.5, 0.6) is 5.75 Å². The van der Waals surface area contributed by atoms with E-state index in [2.05, 4.69) is 0 Å². The maximum Gasteiger partial charge on any atom is 0.286 e. The van der Waals surface area contributed by atoms with Crippen molar-refractivity contribution < 1.29 is 13.5 Å². The van der Waals surface area contributed by atoms with Gasteiger partial charge in [0.05, 0.1) is 23.7 Å². The van der Waals surface area contributed by atoms with E-state index in [1.807, 2.05) is 0 Å². The van der Waals surface area contributed by atoms with Crippen molar-refractivity contribution >= 4 is 23.2 Å². The predicted molar refractivity (Wildman–Crippen MR) is 56.0 cm³/mol. The quantitative estimate of drug-likeness (QED) is 0.901. The van der Waals surface area contributed by atoms with E-state index in [-0.39, 0.29) is 15.8 Å². The molecule has 0 radical (unpaired) electrons. The van der Waals surface area contributed by atoms with Crippen LogP contribution in [0.15, 0.2) is 12.1 Å². The average Bonchev–Trinajstić information content (AvgIpc) is 2.20. The maximum atomic E-state index is 13.3. The monoisotopic (exact) mass is 255 g/mol. The number of nitrogens with two attached hydrogens (primary N) is 1. The van der Waals surface area contributed by atoms with Crippen molar-refractivity contribution in [1.29, 1.82) is 0 Å². The molecule has 0 spiro atoms. The van der Waals surface area contributed by atoms with Gasteiger partial charge in [-0.15, -0.1) is 0 Å². The van der Waals surface area contributed by atoms with Crippen LogP contribution in [0.3, 0.4) is 0 Å². The smallest absolute Gasteiger partial charge is 0.286 e.